The van der Waals surface area contributed by atoms with E-state index < -0.39 is 0 Å². The number of nitrogens with zero attached hydrogens (tertiary/aromatic N) is 2. The molecule has 1 unspecified atom stereocenters. The molecule has 2 fully saturated rings. The Morgan fingerprint density at radius 1 is 1.04 bits per heavy atom. The van der Waals surface area contributed by atoms with Crippen LogP contribution in [0.25, 0.3) is 10.9 Å². The molecule has 1 amide bonds. The molecule has 28 heavy (non-hydrogen) atoms. The maximum absolute atomic E-state index is 13.0. The Labute approximate surface area is 167 Å². The molecule has 0 bridgehead atoms. The number of benzene rings is 1. The summed E-state index contributed by atoms with van der Waals surface area (Å²) in [6.45, 7) is 5.31. The van der Waals surface area contributed by atoms with Crippen molar-refractivity contribution < 1.29 is 4.79 Å². The molecule has 1 aromatic heterocycles. The maximum Gasteiger partial charge on any atom is 0.224 e. The van der Waals surface area contributed by atoms with Crippen molar-refractivity contribution in [2.24, 2.45) is 0 Å². The molecule has 0 spiro atoms. The van der Waals surface area contributed by atoms with Crippen LogP contribution in [-0.2, 0) is 11.2 Å². The number of H-pyrrole nitrogens is 1. The van der Waals surface area contributed by atoms with Crippen LogP contribution in [0, 0.1) is 0 Å². The molecular weight excluding hydrogens is 348 g/mol. The Morgan fingerprint density at radius 3 is 2.64 bits per heavy atom. The van der Waals surface area contributed by atoms with E-state index in [4.69, 9.17) is 0 Å². The molecule has 0 saturated carbocycles. The molecule has 4 heterocycles. The third-order valence-corrected chi connectivity index (χ3v) is 7.06. The lowest BCUT2D eigenvalue weighted by atomic mass is 9.96. The van der Waals surface area contributed by atoms with Crippen LogP contribution in [0.4, 0.5) is 0 Å². The molecular formula is C23H32N4O. The summed E-state index contributed by atoms with van der Waals surface area (Å²) in [4.78, 5) is 21.4. The molecule has 5 heteroatoms. The van der Waals surface area contributed by atoms with Crippen LogP contribution in [-0.4, -0.2) is 59.5 Å². The minimum Gasteiger partial charge on any atom is -0.357 e. The highest BCUT2D eigenvalue weighted by atomic mass is 16.2. The Kier molecular flexibility index (Phi) is 5.12. The first-order valence-electron chi connectivity index (χ1n) is 11.1. The molecule has 150 valence electrons. The minimum atomic E-state index is 0.114. The second-order valence-electron chi connectivity index (χ2n) is 8.73. The molecule has 3 aliphatic rings. The summed E-state index contributed by atoms with van der Waals surface area (Å²) in [6.07, 6.45) is 7.96. The number of aromatic nitrogens is 1. The van der Waals surface area contributed by atoms with Gasteiger partial charge < -0.3 is 20.1 Å². The molecule has 3 aliphatic heterocycles. The van der Waals surface area contributed by atoms with Crippen LogP contribution < -0.4 is 5.32 Å². The van der Waals surface area contributed by atoms with E-state index in [0.29, 0.717) is 18.4 Å². The maximum atomic E-state index is 13.0. The summed E-state index contributed by atoms with van der Waals surface area (Å²) in [5.74, 6) is 0.307. The van der Waals surface area contributed by atoms with Crippen molar-refractivity contribution in [1.82, 2.24) is 20.1 Å². The van der Waals surface area contributed by atoms with Crippen LogP contribution in [0.1, 0.15) is 55.8 Å². The van der Waals surface area contributed by atoms with Crippen molar-refractivity contribution in [3.8, 4) is 0 Å². The molecule has 1 atom stereocenters. The van der Waals surface area contributed by atoms with Crippen molar-refractivity contribution >= 4 is 16.8 Å². The summed E-state index contributed by atoms with van der Waals surface area (Å²) >= 11 is 0. The lowest BCUT2D eigenvalue weighted by molar-refractivity contribution is -0.133. The Bertz CT molecular complexity index is 830. The van der Waals surface area contributed by atoms with Gasteiger partial charge in [-0.3, -0.25) is 4.79 Å². The van der Waals surface area contributed by atoms with Crippen molar-refractivity contribution in [2.75, 3.05) is 32.7 Å². The largest absolute Gasteiger partial charge is 0.357 e. The molecule has 0 aliphatic carbocycles. The molecule has 2 aromatic rings. The SMILES string of the molecule is O=C(CC1NCCc2c1[nH]c1ccccc21)N1CCC(N2CCCCC2)CC1. The number of para-hydroxylation sites is 1. The highest BCUT2D eigenvalue weighted by Crippen LogP contribution is 2.32. The van der Waals surface area contributed by atoms with Gasteiger partial charge in [-0.05, 0) is 63.4 Å². The van der Waals surface area contributed by atoms with Gasteiger partial charge in [0.05, 0.1) is 6.04 Å². The molecule has 1 aromatic carbocycles. The number of hydrogen-bond acceptors (Lipinski definition) is 3. The zero-order valence-corrected chi connectivity index (χ0v) is 16.8. The van der Waals surface area contributed by atoms with Gasteiger partial charge in [0.15, 0.2) is 0 Å². The first-order valence-corrected chi connectivity index (χ1v) is 11.1. The number of aromatic amines is 1. The molecule has 2 saturated heterocycles. The highest BCUT2D eigenvalue weighted by Gasteiger charge is 2.31. The summed E-state index contributed by atoms with van der Waals surface area (Å²) < 4.78 is 0. The zero-order valence-electron chi connectivity index (χ0n) is 16.8. The Balaban J connectivity index is 1.22. The second kappa shape index (κ2) is 7.88. The number of carbonyl (C=O) groups is 1. The average molecular weight is 381 g/mol. The van der Waals surface area contributed by atoms with Crippen molar-refractivity contribution in [3.63, 3.8) is 0 Å². The lowest BCUT2D eigenvalue weighted by Crippen LogP contribution is -2.48. The molecule has 5 rings (SSSR count). The van der Waals surface area contributed by atoms with Crippen LogP contribution in [0.3, 0.4) is 0 Å². The fraction of sp³-hybridized carbons (Fsp3) is 0.609. The van der Waals surface area contributed by atoms with E-state index in [2.05, 4.69) is 44.4 Å². The van der Waals surface area contributed by atoms with Crippen molar-refractivity contribution in [2.45, 2.75) is 57.0 Å². The fourth-order valence-corrected chi connectivity index (χ4v) is 5.50. The number of rotatable bonds is 3. The monoisotopic (exact) mass is 380 g/mol. The number of piperidine rings is 2. The quantitative estimate of drug-likeness (QED) is 0.860. The first kappa shape index (κ1) is 18.2. The van der Waals surface area contributed by atoms with Crippen LogP contribution in [0.2, 0.25) is 0 Å². The number of nitrogens with one attached hydrogen (secondary N) is 2. The van der Waals surface area contributed by atoms with E-state index in [1.807, 2.05) is 0 Å². The van der Waals surface area contributed by atoms with Crippen molar-refractivity contribution in [1.29, 1.82) is 0 Å². The highest BCUT2D eigenvalue weighted by molar-refractivity contribution is 5.85. The van der Waals surface area contributed by atoms with E-state index in [1.54, 1.807) is 0 Å². The number of hydrogen-bond donors (Lipinski definition) is 2. The molecule has 5 nitrogen and oxygen atoms in total. The zero-order chi connectivity index (χ0) is 18.9. The average Bonchev–Trinajstić information content (AvgIpc) is 3.14. The normalized spacial score (nSPS) is 24.4. The predicted octanol–water partition coefficient (Wildman–Crippen LogP) is 3.22. The number of amides is 1. The van der Waals surface area contributed by atoms with E-state index in [9.17, 15) is 4.79 Å². The van der Waals surface area contributed by atoms with E-state index in [1.165, 1.54) is 54.5 Å². The van der Waals surface area contributed by atoms with Gasteiger partial charge in [0, 0.05) is 42.1 Å². The van der Waals surface area contributed by atoms with Gasteiger partial charge in [0.1, 0.15) is 0 Å². The number of carbonyl (C=O) groups excluding carboxylic acids is 1. The van der Waals surface area contributed by atoms with Gasteiger partial charge in [-0.15, -0.1) is 0 Å². The lowest BCUT2D eigenvalue weighted by Gasteiger charge is -2.40. The van der Waals surface area contributed by atoms with Crippen LogP contribution in [0.15, 0.2) is 24.3 Å². The summed E-state index contributed by atoms with van der Waals surface area (Å²) in [5.41, 5.74) is 3.82. The summed E-state index contributed by atoms with van der Waals surface area (Å²) in [6, 6.07) is 9.31. The Morgan fingerprint density at radius 2 is 1.82 bits per heavy atom. The fourth-order valence-electron chi connectivity index (χ4n) is 5.50. The smallest absolute Gasteiger partial charge is 0.224 e. The van der Waals surface area contributed by atoms with Gasteiger partial charge in [-0.2, -0.15) is 0 Å². The van der Waals surface area contributed by atoms with Crippen LogP contribution >= 0.6 is 0 Å². The Hall–Kier alpha value is -1.85. The minimum absolute atomic E-state index is 0.114. The third-order valence-electron chi connectivity index (χ3n) is 7.06. The van der Waals surface area contributed by atoms with Gasteiger partial charge >= 0.3 is 0 Å². The summed E-state index contributed by atoms with van der Waals surface area (Å²) in [5, 5.41) is 4.90. The number of fused-ring (bicyclic) bond motifs is 3. The van der Waals surface area contributed by atoms with Gasteiger partial charge in [0.25, 0.3) is 0 Å². The molecule has 0 radical (unpaired) electrons. The predicted molar refractivity (Wildman–Crippen MR) is 112 cm³/mol. The standard InChI is InChI=1S/C23H32N4O/c28-22(27-14-9-17(10-15-27)26-12-4-1-5-13-26)16-21-23-19(8-11-24-21)18-6-2-3-7-20(18)25-23/h2-3,6-7,17,21,24-25H,1,4-5,8-16H2. The number of likely N-dealkylation sites (tertiary alicyclic amines) is 2. The van der Waals surface area contributed by atoms with Crippen LogP contribution in [0.5, 0.6) is 0 Å². The first-order chi connectivity index (χ1) is 13.8. The topological polar surface area (TPSA) is 51.4 Å². The van der Waals surface area contributed by atoms with Gasteiger partial charge in [0.2, 0.25) is 5.91 Å². The van der Waals surface area contributed by atoms with Gasteiger partial charge in [-0.1, -0.05) is 24.6 Å². The van der Waals surface area contributed by atoms with Crippen molar-refractivity contribution in [3.05, 3.63) is 35.5 Å². The van der Waals surface area contributed by atoms with E-state index >= 15 is 0 Å². The van der Waals surface area contributed by atoms with E-state index in [0.717, 1.165) is 38.9 Å². The summed E-state index contributed by atoms with van der Waals surface area (Å²) in [7, 11) is 0. The van der Waals surface area contributed by atoms with E-state index in [-0.39, 0.29) is 6.04 Å². The van der Waals surface area contributed by atoms with Gasteiger partial charge in [-0.25, -0.2) is 0 Å². The second-order valence-corrected chi connectivity index (χ2v) is 8.73. The molecule has 2 N–H and O–H groups in total. The third kappa shape index (κ3) is 3.46.